The van der Waals surface area contributed by atoms with Gasteiger partial charge in [0.25, 0.3) is 0 Å². The van der Waals surface area contributed by atoms with Gasteiger partial charge in [0.15, 0.2) is 5.13 Å². The molecule has 5 heteroatoms. The first-order valence-corrected chi connectivity index (χ1v) is 7.14. The number of anilines is 2. The number of aromatic nitrogens is 3. The van der Waals surface area contributed by atoms with E-state index in [1.54, 1.807) is 11.3 Å². The summed E-state index contributed by atoms with van der Waals surface area (Å²) in [7, 11) is 1.94. The number of thiazole rings is 1. The Kier molecular flexibility index (Phi) is 2.98. The van der Waals surface area contributed by atoms with Crippen molar-refractivity contribution in [1.82, 2.24) is 14.8 Å². The molecular weight excluding hydrogens is 256 g/mol. The number of rotatable bonds is 3. The van der Waals surface area contributed by atoms with Crippen molar-refractivity contribution in [3.63, 3.8) is 0 Å². The molecule has 0 aliphatic carbocycles. The Morgan fingerprint density at radius 3 is 2.95 bits per heavy atom. The fraction of sp³-hybridized carbons (Fsp3) is 0.286. The number of nitrogens with one attached hydrogen (secondary N) is 1. The van der Waals surface area contributed by atoms with Gasteiger partial charge in [-0.05, 0) is 25.0 Å². The minimum atomic E-state index is 0.910. The molecule has 3 aromatic rings. The predicted octanol–water partition coefficient (Wildman–Crippen LogP) is 3.64. The lowest BCUT2D eigenvalue weighted by Crippen LogP contribution is -1.92. The fourth-order valence-electron chi connectivity index (χ4n) is 2.15. The Morgan fingerprint density at radius 2 is 2.21 bits per heavy atom. The number of benzene rings is 1. The molecule has 0 saturated heterocycles. The smallest absolute Gasteiger partial charge is 0.188 e. The maximum absolute atomic E-state index is 4.66. The summed E-state index contributed by atoms with van der Waals surface area (Å²) in [6.45, 7) is 4.20. The minimum absolute atomic E-state index is 0.910. The third-order valence-electron chi connectivity index (χ3n) is 3.10. The average molecular weight is 272 g/mol. The summed E-state index contributed by atoms with van der Waals surface area (Å²) < 4.78 is 3.05. The van der Waals surface area contributed by atoms with E-state index in [1.165, 1.54) is 10.3 Å². The SMILES string of the molecule is CCc1nn(C)cc1Nc1nc2c(C)cccc2s1. The molecule has 0 fully saturated rings. The molecule has 98 valence electrons. The molecule has 0 aliphatic heterocycles. The third kappa shape index (κ3) is 2.21. The maximum Gasteiger partial charge on any atom is 0.188 e. The molecule has 0 bridgehead atoms. The van der Waals surface area contributed by atoms with Gasteiger partial charge in [0.2, 0.25) is 0 Å². The molecule has 0 atom stereocenters. The van der Waals surface area contributed by atoms with Crippen LogP contribution in [0.3, 0.4) is 0 Å². The quantitative estimate of drug-likeness (QED) is 0.791. The first kappa shape index (κ1) is 12.2. The zero-order chi connectivity index (χ0) is 13.4. The van der Waals surface area contributed by atoms with Gasteiger partial charge in [0.05, 0.1) is 21.6 Å². The van der Waals surface area contributed by atoms with E-state index in [-0.39, 0.29) is 0 Å². The van der Waals surface area contributed by atoms with Gasteiger partial charge in [-0.25, -0.2) is 4.98 Å². The lowest BCUT2D eigenvalue weighted by atomic mass is 10.2. The van der Waals surface area contributed by atoms with Gasteiger partial charge in [0.1, 0.15) is 0 Å². The van der Waals surface area contributed by atoms with E-state index in [1.807, 2.05) is 17.9 Å². The zero-order valence-corrected chi connectivity index (χ0v) is 12.1. The molecule has 4 nitrogen and oxygen atoms in total. The molecule has 1 N–H and O–H groups in total. The average Bonchev–Trinajstić information content (AvgIpc) is 2.94. The Morgan fingerprint density at radius 1 is 1.37 bits per heavy atom. The molecule has 0 unspecified atom stereocenters. The summed E-state index contributed by atoms with van der Waals surface area (Å²) in [4.78, 5) is 4.66. The highest BCUT2D eigenvalue weighted by Crippen LogP contribution is 2.30. The van der Waals surface area contributed by atoms with Crippen LogP contribution in [0.2, 0.25) is 0 Å². The molecule has 0 amide bonds. The van der Waals surface area contributed by atoms with Gasteiger partial charge in [-0.1, -0.05) is 30.4 Å². The van der Waals surface area contributed by atoms with E-state index in [4.69, 9.17) is 0 Å². The van der Waals surface area contributed by atoms with Gasteiger partial charge in [-0.2, -0.15) is 5.10 Å². The van der Waals surface area contributed by atoms with Crippen LogP contribution >= 0.6 is 11.3 Å². The monoisotopic (exact) mass is 272 g/mol. The Balaban J connectivity index is 1.99. The normalized spacial score (nSPS) is 11.1. The molecular formula is C14H16N4S. The Bertz CT molecular complexity index is 726. The van der Waals surface area contributed by atoms with E-state index in [0.29, 0.717) is 0 Å². The number of hydrogen-bond acceptors (Lipinski definition) is 4. The largest absolute Gasteiger partial charge is 0.329 e. The summed E-state index contributed by atoms with van der Waals surface area (Å²) in [5.74, 6) is 0. The van der Waals surface area contributed by atoms with E-state index >= 15 is 0 Å². The van der Waals surface area contributed by atoms with Gasteiger partial charge >= 0.3 is 0 Å². The molecule has 0 spiro atoms. The zero-order valence-electron chi connectivity index (χ0n) is 11.3. The molecule has 1 aromatic carbocycles. The van der Waals surface area contributed by atoms with Gasteiger partial charge in [0, 0.05) is 13.2 Å². The lowest BCUT2D eigenvalue weighted by molar-refractivity contribution is 0.746. The molecule has 2 aromatic heterocycles. The summed E-state index contributed by atoms with van der Waals surface area (Å²) in [5, 5.41) is 8.74. The Labute approximate surface area is 116 Å². The topological polar surface area (TPSA) is 42.7 Å². The molecule has 0 aliphatic rings. The van der Waals surface area contributed by atoms with Crippen molar-refractivity contribution >= 4 is 32.4 Å². The van der Waals surface area contributed by atoms with Crippen LogP contribution in [0.1, 0.15) is 18.2 Å². The highest BCUT2D eigenvalue weighted by Gasteiger charge is 2.10. The molecule has 19 heavy (non-hydrogen) atoms. The number of para-hydroxylation sites is 1. The second-order valence-electron chi connectivity index (χ2n) is 4.58. The van der Waals surface area contributed by atoms with Crippen molar-refractivity contribution < 1.29 is 0 Å². The van der Waals surface area contributed by atoms with Crippen molar-refractivity contribution in [2.24, 2.45) is 7.05 Å². The maximum atomic E-state index is 4.66. The molecule has 0 radical (unpaired) electrons. The third-order valence-corrected chi connectivity index (χ3v) is 4.04. The van der Waals surface area contributed by atoms with Crippen LogP contribution < -0.4 is 5.32 Å². The van der Waals surface area contributed by atoms with E-state index in [0.717, 1.165) is 28.5 Å². The van der Waals surface area contributed by atoms with Crippen LogP contribution in [0.4, 0.5) is 10.8 Å². The van der Waals surface area contributed by atoms with Gasteiger partial charge in [-0.15, -0.1) is 0 Å². The van der Waals surface area contributed by atoms with Crippen molar-refractivity contribution in [2.75, 3.05) is 5.32 Å². The van der Waals surface area contributed by atoms with E-state index in [9.17, 15) is 0 Å². The first-order valence-electron chi connectivity index (χ1n) is 6.33. The second-order valence-corrected chi connectivity index (χ2v) is 5.61. The van der Waals surface area contributed by atoms with E-state index in [2.05, 4.69) is 47.4 Å². The molecule has 2 heterocycles. The second kappa shape index (κ2) is 4.66. The van der Waals surface area contributed by atoms with Crippen molar-refractivity contribution in [2.45, 2.75) is 20.3 Å². The van der Waals surface area contributed by atoms with Crippen molar-refractivity contribution in [3.8, 4) is 0 Å². The summed E-state index contributed by atoms with van der Waals surface area (Å²) in [6, 6.07) is 6.27. The van der Waals surface area contributed by atoms with Crippen LogP contribution in [0.5, 0.6) is 0 Å². The van der Waals surface area contributed by atoms with Gasteiger partial charge in [-0.3, -0.25) is 4.68 Å². The number of fused-ring (bicyclic) bond motifs is 1. The van der Waals surface area contributed by atoms with Crippen LogP contribution in [-0.2, 0) is 13.5 Å². The summed E-state index contributed by atoms with van der Waals surface area (Å²) >= 11 is 1.68. The van der Waals surface area contributed by atoms with Crippen LogP contribution in [-0.4, -0.2) is 14.8 Å². The lowest BCUT2D eigenvalue weighted by Gasteiger charge is -1.99. The minimum Gasteiger partial charge on any atom is -0.329 e. The Hall–Kier alpha value is -1.88. The summed E-state index contributed by atoms with van der Waals surface area (Å²) in [6.07, 6.45) is 2.91. The van der Waals surface area contributed by atoms with E-state index < -0.39 is 0 Å². The summed E-state index contributed by atoms with van der Waals surface area (Å²) in [5.41, 5.74) is 4.40. The highest BCUT2D eigenvalue weighted by atomic mass is 32.1. The fourth-order valence-corrected chi connectivity index (χ4v) is 3.11. The van der Waals surface area contributed by atoms with Crippen molar-refractivity contribution in [1.29, 1.82) is 0 Å². The predicted molar refractivity (Wildman–Crippen MR) is 80.2 cm³/mol. The highest BCUT2D eigenvalue weighted by molar-refractivity contribution is 7.22. The van der Waals surface area contributed by atoms with Crippen LogP contribution in [0, 0.1) is 6.92 Å². The van der Waals surface area contributed by atoms with Crippen LogP contribution in [0.25, 0.3) is 10.2 Å². The molecule has 0 saturated carbocycles. The standard InChI is InChI=1S/C14H16N4S/c1-4-10-11(8-18(3)17-10)15-14-16-13-9(2)6-5-7-12(13)19-14/h5-8H,4H2,1-3H3,(H,15,16). The first-order chi connectivity index (χ1) is 9.17. The van der Waals surface area contributed by atoms with Gasteiger partial charge < -0.3 is 5.32 Å². The van der Waals surface area contributed by atoms with Crippen LogP contribution in [0.15, 0.2) is 24.4 Å². The number of hydrogen-bond donors (Lipinski definition) is 1. The number of nitrogens with zero attached hydrogens (tertiary/aromatic N) is 3. The molecule has 3 rings (SSSR count). The number of aryl methyl sites for hydroxylation is 3. The van der Waals surface area contributed by atoms with Crippen molar-refractivity contribution in [3.05, 3.63) is 35.7 Å².